The lowest BCUT2D eigenvalue weighted by molar-refractivity contribution is -0.121. The van der Waals surface area contributed by atoms with Crippen LogP contribution in [0.1, 0.15) is 56.6 Å². The van der Waals surface area contributed by atoms with Gasteiger partial charge < -0.3 is 16.0 Å². The third-order valence-electron chi connectivity index (χ3n) is 6.88. The van der Waals surface area contributed by atoms with Gasteiger partial charge in [0.15, 0.2) is 0 Å². The molecule has 3 aliphatic heterocycles. The number of piperidine rings is 1. The quantitative estimate of drug-likeness (QED) is 0.404. The van der Waals surface area contributed by atoms with Crippen molar-refractivity contribution in [3.8, 4) is 0 Å². The second-order valence-electron chi connectivity index (χ2n) is 9.42. The molecule has 0 saturated carbocycles. The molecular formula is C24H36N4O2S. The topological polar surface area (TPSA) is 73.5 Å². The van der Waals surface area contributed by atoms with Crippen molar-refractivity contribution < 1.29 is 9.59 Å². The molecule has 3 atom stereocenters. The summed E-state index contributed by atoms with van der Waals surface area (Å²) in [6, 6.07) is 9.17. The molecule has 0 radical (unpaired) electrons. The van der Waals surface area contributed by atoms with Crippen LogP contribution >= 0.6 is 11.8 Å². The lowest BCUT2D eigenvalue weighted by Crippen LogP contribution is -2.36. The fourth-order valence-electron chi connectivity index (χ4n) is 4.80. The molecule has 3 aliphatic rings. The smallest absolute Gasteiger partial charge is 0.315 e. The van der Waals surface area contributed by atoms with E-state index in [9.17, 15) is 9.59 Å². The van der Waals surface area contributed by atoms with Crippen LogP contribution in [0.25, 0.3) is 0 Å². The monoisotopic (exact) mass is 444 g/mol. The van der Waals surface area contributed by atoms with Crippen molar-refractivity contribution in [1.29, 1.82) is 0 Å². The Bertz CT molecular complexity index is 748. The van der Waals surface area contributed by atoms with Gasteiger partial charge in [0.25, 0.3) is 0 Å². The number of benzene rings is 1. The average molecular weight is 445 g/mol. The number of amides is 3. The van der Waals surface area contributed by atoms with Crippen LogP contribution in [-0.2, 0) is 17.9 Å². The van der Waals surface area contributed by atoms with Gasteiger partial charge in [-0.15, -0.1) is 0 Å². The number of urea groups is 1. The maximum absolute atomic E-state index is 12.2. The standard InChI is InChI=1S/C24H36N4O2S/c1-17-10-12-28(13-11-17)15-19-8-6-18(7-9-19)14-25-22(29)5-3-2-4-21-23-20(16-31-21)26-24(30)27-23/h6-9,17,20-21,23H,2-5,10-16H2,1H3,(H,25,29)(H2,26,27,30)/t20-,21-,23-/m0/s1. The third-order valence-corrected chi connectivity index (χ3v) is 8.38. The second-order valence-corrected chi connectivity index (χ2v) is 10.7. The average Bonchev–Trinajstić information content (AvgIpc) is 3.31. The number of rotatable bonds is 9. The maximum Gasteiger partial charge on any atom is 0.315 e. The van der Waals surface area contributed by atoms with Crippen molar-refractivity contribution >= 4 is 23.7 Å². The number of nitrogens with zero attached hydrogens (tertiary/aromatic N) is 1. The van der Waals surface area contributed by atoms with E-state index in [4.69, 9.17) is 0 Å². The molecule has 31 heavy (non-hydrogen) atoms. The number of hydrogen-bond donors (Lipinski definition) is 3. The van der Waals surface area contributed by atoms with Crippen LogP contribution in [0.15, 0.2) is 24.3 Å². The highest BCUT2D eigenvalue weighted by Gasteiger charge is 2.42. The van der Waals surface area contributed by atoms with E-state index >= 15 is 0 Å². The van der Waals surface area contributed by atoms with Crippen LogP contribution in [0.2, 0.25) is 0 Å². The predicted molar refractivity (Wildman–Crippen MR) is 126 cm³/mol. The second kappa shape index (κ2) is 10.7. The number of unbranched alkanes of at least 4 members (excludes halogenated alkanes) is 1. The van der Waals surface area contributed by atoms with Crippen molar-refractivity contribution in [2.45, 2.75) is 75.9 Å². The van der Waals surface area contributed by atoms with Gasteiger partial charge in [0.2, 0.25) is 5.91 Å². The lowest BCUT2D eigenvalue weighted by atomic mass is 9.99. The number of carbonyl (C=O) groups is 2. The zero-order chi connectivity index (χ0) is 21.6. The highest BCUT2D eigenvalue weighted by Crippen LogP contribution is 2.33. The molecule has 3 amide bonds. The molecule has 3 heterocycles. The van der Waals surface area contributed by atoms with Gasteiger partial charge in [0, 0.05) is 30.5 Å². The van der Waals surface area contributed by atoms with E-state index in [-0.39, 0.29) is 24.0 Å². The van der Waals surface area contributed by atoms with E-state index in [2.05, 4.69) is 52.0 Å². The molecule has 170 valence electrons. The van der Waals surface area contributed by atoms with E-state index in [1.54, 1.807) is 0 Å². The van der Waals surface area contributed by atoms with Gasteiger partial charge in [-0.2, -0.15) is 11.8 Å². The Balaban J connectivity index is 1.09. The summed E-state index contributed by atoms with van der Waals surface area (Å²) in [5.74, 6) is 1.98. The number of thioether (sulfide) groups is 1. The lowest BCUT2D eigenvalue weighted by Gasteiger charge is -2.30. The minimum Gasteiger partial charge on any atom is -0.352 e. The molecular weight excluding hydrogens is 408 g/mol. The zero-order valence-corrected chi connectivity index (χ0v) is 19.4. The van der Waals surface area contributed by atoms with E-state index in [1.165, 1.54) is 31.5 Å². The van der Waals surface area contributed by atoms with Crippen LogP contribution < -0.4 is 16.0 Å². The largest absolute Gasteiger partial charge is 0.352 e. The highest BCUT2D eigenvalue weighted by molar-refractivity contribution is 8.00. The van der Waals surface area contributed by atoms with E-state index in [1.807, 2.05) is 11.8 Å². The highest BCUT2D eigenvalue weighted by atomic mass is 32.2. The molecule has 7 heteroatoms. The Morgan fingerprint density at radius 2 is 1.87 bits per heavy atom. The van der Waals surface area contributed by atoms with Gasteiger partial charge in [0.1, 0.15) is 0 Å². The van der Waals surface area contributed by atoms with Crippen LogP contribution in [-0.4, -0.2) is 53.0 Å². The fraction of sp³-hybridized carbons (Fsp3) is 0.667. The summed E-state index contributed by atoms with van der Waals surface area (Å²) in [5, 5.41) is 9.53. The molecule has 0 bridgehead atoms. The number of hydrogen-bond acceptors (Lipinski definition) is 4. The number of nitrogens with one attached hydrogen (secondary N) is 3. The summed E-state index contributed by atoms with van der Waals surface area (Å²) in [6.07, 6.45) is 6.15. The normalized spacial score (nSPS) is 26.4. The van der Waals surface area contributed by atoms with Gasteiger partial charge in [-0.3, -0.25) is 9.69 Å². The predicted octanol–water partition coefficient (Wildman–Crippen LogP) is 3.26. The van der Waals surface area contributed by atoms with Crippen molar-refractivity contribution in [3.63, 3.8) is 0 Å². The first-order chi connectivity index (χ1) is 15.1. The molecule has 0 spiro atoms. The Labute approximate surface area is 190 Å². The Kier molecular flexibility index (Phi) is 7.77. The fourth-order valence-corrected chi connectivity index (χ4v) is 6.35. The minimum absolute atomic E-state index is 0.0335. The number of likely N-dealkylation sites (tertiary alicyclic amines) is 1. The van der Waals surface area contributed by atoms with Gasteiger partial charge in [-0.1, -0.05) is 37.6 Å². The number of fused-ring (bicyclic) bond motifs is 1. The van der Waals surface area contributed by atoms with Crippen molar-refractivity contribution in [2.24, 2.45) is 5.92 Å². The molecule has 4 rings (SSSR count). The van der Waals surface area contributed by atoms with Crippen molar-refractivity contribution in [1.82, 2.24) is 20.9 Å². The number of carbonyl (C=O) groups excluding carboxylic acids is 2. The first kappa shape index (κ1) is 22.5. The van der Waals surface area contributed by atoms with Crippen LogP contribution in [0.3, 0.4) is 0 Å². The van der Waals surface area contributed by atoms with Gasteiger partial charge in [-0.05, 0) is 55.8 Å². The molecule has 1 aromatic carbocycles. The summed E-state index contributed by atoms with van der Waals surface area (Å²) in [6.45, 7) is 6.37. The SMILES string of the molecule is CC1CCN(Cc2ccc(CNC(=O)CCCC[C@@H]3SC[C@@H]4NC(=O)N[C@@H]43)cc2)CC1. The van der Waals surface area contributed by atoms with Gasteiger partial charge in [0.05, 0.1) is 12.1 Å². The zero-order valence-electron chi connectivity index (χ0n) is 18.6. The van der Waals surface area contributed by atoms with E-state index in [0.717, 1.165) is 43.0 Å². The first-order valence-electron chi connectivity index (χ1n) is 11.8. The summed E-state index contributed by atoms with van der Waals surface area (Å²) in [7, 11) is 0. The molecule has 6 nitrogen and oxygen atoms in total. The van der Waals surface area contributed by atoms with E-state index < -0.39 is 0 Å². The Morgan fingerprint density at radius 3 is 2.65 bits per heavy atom. The van der Waals surface area contributed by atoms with Crippen LogP contribution in [0.5, 0.6) is 0 Å². The van der Waals surface area contributed by atoms with Crippen molar-refractivity contribution in [3.05, 3.63) is 35.4 Å². The molecule has 0 unspecified atom stereocenters. The Morgan fingerprint density at radius 1 is 1.13 bits per heavy atom. The first-order valence-corrected chi connectivity index (χ1v) is 12.9. The van der Waals surface area contributed by atoms with E-state index in [0.29, 0.717) is 18.2 Å². The van der Waals surface area contributed by atoms with Crippen molar-refractivity contribution in [2.75, 3.05) is 18.8 Å². The molecule has 3 N–H and O–H groups in total. The molecule has 3 fully saturated rings. The molecule has 0 aromatic heterocycles. The third kappa shape index (κ3) is 6.39. The van der Waals surface area contributed by atoms with Gasteiger partial charge in [-0.25, -0.2) is 4.79 Å². The maximum atomic E-state index is 12.2. The summed E-state index contributed by atoms with van der Waals surface area (Å²) in [4.78, 5) is 26.2. The molecule has 1 aromatic rings. The summed E-state index contributed by atoms with van der Waals surface area (Å²) < 4.78 is 0. The van der Waals surface area contributed by atoms with Gasteiger partial charge >= 0.3 is 6.03 Å². The molecule has 0 aliphatic carbocycles. The minimum atomic E-state index is -0.0335. The Hall–Kier alpha value is -1.73. The summed E-state index contributed by atoms with van der Waals surface area (Å²) >= 11 is 1.93. The van der Waals surface area contributed by atoms with Crippen LogP contribution in [0.4, 0.5) is 4.79 Å². The summed E-state index contributed by atoms with van der Waals surface area (Å²) in [5.41, 5.74) is 2.51. The van der Waals surface area contributed by atoms with Crippen LogP contribution in [0, 0.1) is 5.92 Å². The molecule has 3 saturated heterocycles.